The summed E-state index contributed by atoms with van der Waals surface area (Å²) in [6, 6.07) is 5.82. The van der Waals surface area contributed by atoms with E-state index in [-0.39, 0.29) is 23.1 Å². The van der Waals surface area contributed by atoms with Gasteiger partial charge in [0, 0.05) is 25.9 Å². The fraction of sp³-hybridized carbons (Fsp3) is 0.462. The van der Waals surface area contributed by atoms with Crippen LogP contribution in [0.5, 0.6) is 0 Å². The van der Waals surface area contributed by atoms with Gasteiger partial charge in [0.25, 0.3) is 0 Å². The van der Waals surface area contributed by atoms with E-state index in [1.165, 1.54) is 24.3 Å². The molecule has 3 N–H and O–H groups in total. The highest BCUT2D eigenvalue weighted by molar-refractivity contribution is 7.91. The van der Waals surface area contributed by atoms with Crippen molar-refractivity contribution in [3.8, 4) is 0 Å². The molecule has 0 aliphatic heterocycles. The van der Waals surface area contributed by atoms with Crippen LogP contribution < -0.4 is 5.73 Å². The van der Waals surface area contributed by atoms with Crippen molar-refractivity contribution < 1.29 is 23.1 Å². The van der Waals surface area contributed by atoms with E-state index in [0.717, 1.165) is 6.42 Å². The lowest BCUT2D eigenvalue weighted by atomic mass is 10.2. The normalized spacial score (nSPS) is 12.5. The van der Waals surface area contributed by atoms with Crippen molar-refractivity contribution in [2.45, 2.75) is 11.3 Å². The molecule has 0 amide bonds. The Labute approximate surface area is 124 Å². The van der Waals surface area contributed by atoms with Crippen LogP contribution in [0.2, 0.25) is 0 Å². The fourth-order valence-corrected chi connectivity index (χ4v) is 2.71. The molecule has 0 bridgehead atoms. The van der Waals surface area contributed by atoms with Gasteiger partial charge >= 0.3 is 0 Å². The highest BCUT2D eigenvalue weighted by atomic mass is 32.2. The van der Waals surface area contributed by atoms with Crippen LogP contribution in [0.15, 0.2) is 34.3 Å². The predicted molar refractivity (Wildman–Crippen MR) is 78.3 cm³/mol. The second-order valence-corrected chi connectivity index (χ2v) is 6.40. The number of hydrogen-bond acceptors (Lipinski definition) is 6. The van der Waals surface area contributed by atoms with Crippen LogP contribution in [-0.4, -0.2) is 52.1 Å². The molecule has 118 valence electrons. The molecular formula is C13H20N2O5S. The van der Waals surface area contributed by atoms with Crippen molar-refractivity contribution in [2.75, 3.05) is 32.7 Å². The van der Waals surface area contributed by atoms with Crippen LogP contribution in [0.1, 0.15) is 12.0 Å². The van der Waals surface area contributed by atoms with E-state index in [0.29, 0.717) is 18.8 Å². The van der Waals surface area contributed by atoms with Crippen molar-refractivity contribution in [3.63, 3.8) is 0 Å². The van der Waals surface area contributed by atoms with Gasteiger partial charge in [0.15, 0.2) is 15.7 Å². The number of amidine groups is 1. The van der Waals surface area contributed by atoms with E-state index in [9.17, 15) is 8.42 Å². The Morgan fingerprint density at radius 3 is 2.48 bits per heavy atom. The lowest BCUT2D eigenvalue weighted by Gasteiger charge is -2.06. The van der Waals surface area contributed by atoms with Gasteiger partial charge in [-0.1, -0.05) is 5.16 Å². The quantitative estimate of drug-likeness (QED) is 0.227. The molecule has 0 saturated carbocycles. The zero-order chi connectivity index (χ0) is 15.7. The number of nitrogens with zero attached hydrogens (tertiary/aromatic N) is 1. The number of rotatable bonds is 9. The monoisotopic (exact) mass is 316 g/mol. The van der Waals surface area contributed by atoms with Gasteiger partial charge in [0.05, 0.1) is 17.3 Å². The van der Waals surface area contributed by atoms with Crippen LogP contribution in [0, 0.1) is 0 Å². The summed E-state index contributed by atoms with van der Waals surface area (Å²) in [5.41, 5.74) is 5.86. The van der Waals surface area contributed by atoms with Crippen LogP contribution in [0.25, 0.3) is 0 Å². The van der Waals surface area contributed by atoms with E-state index in [1.807, 2.05) is 0 Å². The summed E-state index contributed by atoms with van der Waals surface area (Å²) in [5.74, 6) is -0.163. The van der Waals surface area contributed by atoms with Crippen molar-refractivity contribution in [2.24, 2.45) is 10.9 Å². The topological polar surface area (TPSA) is 111 Å². The third-order valence-electron chi connectivity index (χ3n) is 2.75. The minimum Gasteiger partial charge on any atom is -0.409 e. The lowest BCUT2D eigenvalue weighted by Crippen LogP contribution is -2.15. The molecule has 8 heteroatoms. The first-order chi connectivity index (χ1) is 10.0. The molecule has 1 aromatic rings. The van der Waals surface area contributed by atoms with Crippen molar-refractivity contribution in [1.82, 2.24) is 0 Å². The Balaban J connectivity index is 2.54. The van der Waals surface area contributed by atoms with Gasteiger partial charge in [-0.2, -0.15) is 0 Å². The molecule has 0 saturated heterocycles. The second-order valence-electron chi connectivity index (χ2n) is 4.29. The first-order valence-electron chi connectivity index (χ1n) is 6.38. The van der Waals surface area contributed by atoms with Gasteiger partial charge in [-0.3, -0.25) is 0 Å². The van der Waals surface area contributed by atoms with Crippen molar-refractivity contribution in [3.05, 3.63) is 29.8 Å². The van der Waals surface area contributed by atoms with E-state index in [2.05, 4.69) is 5.16 Å². The van der Waals surface area contributed by atoms with Crippen LogP contribution in [0.3, 0.4) is 0 Å². The first kappa shape index (κ1) is 17.4. The van der Waals surface area contributed by atoms with Gasteiger partial charge < -0.3 is 20.4 Å². The highest BCUT2D eigenvalue weighted by Crippen LogP contribution is 2.12. The molecule has 0 unspecified atom stereocenters. The Hall–Kier alpha value is -1.64. The Bertz CT molecular complexity index is 554. The molecule has 1 aromatic carbocycles. The van der Waals surface area contributed by atoms with E-state index >= 15 is 0 Å². The molecule has 0 aliphatic rings. The highest BCUT2D eigenvalue weighted by Gasteiger charge is 2.14. The molecule has 0 spiro atoms. The number of ether oxygens (including phenoxy) is 2. The standard InChI is InChI=1S/C13H20N2O5S/c1-19-7-2-8-20-9-10-21(17,18)12-5-3-11(4-6-12)13(14)15-16/h3-6,16H,2,7-10H2,1H3,(H2,14,15). The molecule has 0 radical (unpaired) electrons. The number of nitrogens with two attached hydrogens (primary N) is 1. The van der Waals surface area contributed by atoms with Gasteiger partial charge in [-0.05, 0) is 30.7 Å². The van der Waals surface area contributed by atoms with Gasteiger partial charge in [-0.25, -0.2) is 8.42 Å². The second kappa shape index (κ2) is 8.60. The third kappa shape index (κ3) is 5.70. The number of sulfone groups is 1. The van der Waals surface area contributed by atoms with E-state index < -0.39 is 9.84 Å². The zero-order valence-corrected chi connectivity index (χ0v) is 12.7. The van der Waals surface area contributed by atoms with E-state index in [4.69, 9.17) is 20.4 Å². The summed E-state index contributed by atoms with van der Waals surface area (Å²) in [6.45, 7) is 1.18. The largest absolute Gasteiger partial charge is 0.409 e. The summed E-state index contributed by atoms with van der Waals surface area (Å²) < 4.78 is 34.2. The molecule has 0 fully saturated rings. The average Bonchev–Trinajstić information content (AvgIpc) is 2.50. The maximum atomic E-state index is 12.1. The molecule has 7 nitrogen and oxygen atoms in total. The van der Waals surface area contributed by atoms with Crippen LogP contribution in [0.4, 0.5) is 0 Å². The number of benzene rings is 1. The molecular weight excluding hydrogens is 296 g/mol. The summed E-state index contributed by atoms with van der Waals surface area (Å²) in [6.07, 6.45) is 0.727. The summed E-state index contributed by atoms with van der Waals surface area (Å²) in [5, 5.41) is 11.4. The molecule has 0 aliphatic carbocycles. The van der Waals surface area contributed by atoms with Crippen molar-refractivity contribution in [1.29, 1.82) is 0 Å². The molecule has 1 rings (SSSR count). The first-order valence-corrected chi connectivity index (χ1v) is 8.04. The molecule has 0 aromatic heterocycles. The molecule has 0 heterocycles. The SMILES string of the molecule is COCCCOCCS(=O)(=O)c1ccc(/C(N)=N/O)cc1. The van der Waals surface area contributed by atoms with Crippen molar-refractivity contribution >= 4 is 15.7 Å². The third-order valence-corrected chi connectivity index (χ3v) is 4.44. The number of oxime groups is 1. The van der Waals surface area contributed by atoms with Gasteiger partial charge in [0.1, 0.15) is 0 Å². The van der Waals surface area contributed by atoms with Gasteiger partial charge in [-0.15, -0.1) is 0 Å². The van der Waals surface area contributed by atoms with Crippen LogP contribution >= 0.6 is 0 Å². The Morgan fingerprint density at radius 2 is 1.90 bits per heavy atom. The predicted octanol–water partition coefficient (Wildman–Crippen LogP) is 0.608. The summed E-state index contributed by atoms with van der Waals surface area (Å²) >= 11 is 0. The number of methoxy groups -OCH3 is 1. The lowest BCUT2D eigenvalue weighted by molar-refractivity contribution is 0.112. The molecule has 0 atom stereocenters. The molecule has 21 heavy (non-hydrogen) atoms. The summed E-state index contributed by atoms with van der Waals surface area (Å²) in [7, 11) is -1.80. The maximum Gasteiger partial charge on any atom is 0.180 e. The fourth-order valence-electron chi connectivity index (χ4n) is 1.58. The van der Waals surface area contributed by atoms with E-state index in [1.54, 1.807) is 7.11 Å². The smallest absolute Gasteiger partial charge is 0.180 e. The Morgan fingerprint density at radius 1 is 1.24 bits per heavy atom. The maximum absolute atomic E-state index is 12.1. The van der Waals surface area contributed by atoms with Gasteiger partial charge in [0.2, 0.25) is 0 Å². The zero-order valence-electron chi connectivity index (χ0n) is 11.9. The summed E-state index contributed by atoms with van der Waals surface area (Å²) in [4.78, 5) is 0.178. The minimum absolute atomic E-state index is 0.0691. The Kier molecular flexibility index (Phi) is 7.13. The number of hydrogen-bond donors (Lipinski definition) is 2. The average molecular weight is 316 g/mol. The minimum atomic E-state index is -3.40. The van der Waals surface area contributed by atoms with Crippen LogP contribution in [-0.2, 0) is 19.3 Å².